The maximum atomic E-state index is 11.7. The molecule has 0 bridgehead atoms. The van der Waals surface area contributed by atoms with Gasteiger partial charge in [-0.15, -0.1) is 0 Å². The Morgan fingerprint density at radius 2 is 2.10 bits per heavy atom. The fourth-order valence-electron chi connectivity index (χ4n) is 1.80. The molecule has 106 valence electrons. The third-order valence-electron chi connectivity index (χ3n) is 2.91. The second-order valence-corrected chi connectivity index (χ2v) is 4.49. The van der Waals surface area contributed by atoms with Crippen molar-refractivity contribution < 1.29 is 13.9 Å². The van der Waals surface area contributed by atoms with Crippen LogP contribution in [0.1, 0.15) is 23.6 Å². The van der Waals surface area contributed by atoms with Crippen LogP contribution in [-0.4, -0.2) is 18.0 Å². The molecule has 1 heterocycles. The van der Waals surface area contributed by atoms with Crippen molar-refractivity contribution >= 4 is 5.91 Å². The number of nitrogens with one attached hydrogen (secondary N) is 1. The summed E-state index contributed by atoms with van der Waals surface area (Å²) in [7, 11) is 1.63. The highest BCUT2D eigenvalue weighted by Crippen LogP contribution is 2.12. The van der Waals surface area contributed by atoms with Crippen LogP contribution in [0.2, 0.25) is 0 Å². The number of carbonyl (C=O) groups is 1. The van der Waals surface area contributed by atoms with Gasteiger partial charge in [-0.3, -0.25) is 4.79 Å². The molecule has 0 saturated heterocycles. The number of rotatable bonds is 6. The van der Waals surface area contributed by atoms with Gasteiger partial charge in [0.1, 0.15) is 11.5 Å². The van der Waals surface area contributed by atoms with E-state index in [9.17, 15) is 4.79 Å². The average molecular weight is 274 g/mol. The fraction of sp³-hybridized carbons (Fsp3) is 0.333. The van der Waals surface area contributed by atoms with Gasteiger partial charge < -0.3 is 14.5 Å². The minimum absolute atomic E-state index is 0.0170. The van der Waals surface area contributed by atoms with Crippen molar-refractivity contribution in [1.29, 1.82) is 0 Å². The van der Waals surface area contributed by atoms with Gasteiger partial charge in [-0.1, -0.05) is 12.1 Å². The van der Waals surface area contributed by atoms with E-state index in [-0.39, 0.29) is 5.91 Å². The summed E-state index contributed by atoms with van der Waals surface area (Å²) in [5.74, 6) is 2.07. The Labute approximate surface area is 118 Å². The smallest absolute Gasteiger partial charge is 0.220 e. The minimum Gasteiger partial charge on any atom is -0.497 e. The SMILES string of the molecule is COc1ccc(CCC(=O)NCc2ncc(C)o2)cc1. The highest BCUT2D eigenvalue weighted by atomic mass is 16.5. The number of methoxy groups -OCH3 is 1. The van der Waals surface area contributed by atoms with Crippen molar-refractivity contribution in [1.82, 2.24) is 10.3 Å². The van der Waals surface area contributed by atoms with E-state index in [1.807, 2.05) is 31.2 Å². The van der Waals surface area contributed by atoms with E-state index in [4.69, 9.17) is 9.15 Å². The summed E-state index contributed by atoms with van der Waals surface area (Å²) in [5.41, 5.74) is 1.10. The average Bonchev–Trinajstić information content (AvgIpc) is 2.89. The van der Waals surface area contributed by atoms with Crippen LogP contribution in [-0.2, 0) is 17.8 Å². The highest BCUT2D eigenvalue weighted by Gasteiger charge is 2.05. The number of aromatic nitrogens is 1. The summed E-state index contributed by atoms with van der Waals surface area (Å²) in [6.07, 6.45) is 2.77. The Kier molecular flexibility index (Phi) is 4.76. The Morgan fingerprint density at radius 1 is 1.35 bits per heavy atom. The van der Waals surface area contributed by atoms with Crippen LogP contribution in [0.4, 0.5) is 0 Å². The Bertz CT molecular complexity index is 561. The zero-order valence-electron chi connectivity index (χ0n) is 11.7. The van der Waals surface area contributed by atoms with Gasteiger partial charge in [0.2, 0.25) is 11.8 Å². The first-order valence-electron chi connectivity index (χ1n) is 6.48. The first kappa shape index (κ1) is 14.1. The molecule has 0 spiro atoms. The van der Waals surface area contributed by atoms with Crippen molar-refractivity contribution in [2.45, 2.75) is 26.3 Å². The first-order valence-corrected chi connectivity index (χ1v) is 6.48. The number of hydrogen-bond acceptors (Lipinski definition) is 4. The van der Waals surface area contributed by atoms with Crippen LogP contribution in [0.25, 0.3) is 0 Å². The van der Waals surface area contributed by atoms with E-state index in [1.165, 1.54) is 0 Å². The van der Waals surface area contributed by atoms with Gasteiger partial charge in [0.15, 0.2) is 0 Å². The lowest BCUT2D eigenvalue weighted by atomic mass is 10.1. The number of hydrogen-bond donors (Lipinski definition) is 1. The predicted molar refractivity (Wildman–Crippen MR) is 74.4 cm³/mol. The number of ether oxygens (including phenoxy) is 1. The highest BCUT2D eigenvalue weighted by molar-refractivity contribution is 5.76. The first-order chi connectivity index (χ1) is 9.67. The number of aryl methyl sites for hydroxylation is 2. The number of oxazole rings is 1. The molecule has 0 atom stereocenters. The molecule has 1 N–H and O–H groups in total. The third-order valence-corrected chi connectivity index (χ3v) is 2.91. The molecule has 0 radical (unpaired) electrons. The van der Waals surface area contributed by atoms with Crippen molar-refractivity contribution in [2.75, 3.05) is 7.11 Å². The van der Waals surface area contributed by atoms with Gasteiger partial charge in [0.05, 0.1) is 19.9 Å². The van der Waals surface area contributed by atoms with Crippen molar-refractivity contribution in [3.8, 4) is 5.75 Å². The van der Waals surface area contributed by atoms with E-state index < -0.39 is 0 Å². The lowest BCUT2D eigenvalue weighted by molar-refractivity contribution is -0.121. The van der Waals surface area contributed by atoms with Crippen LogP contribution in [0.5, 0.6) is 5.75 Å². The van der Waals surface area contributed by atoms with Crippen LogP contribution in [0.3, 0.4) is 0 Å². The van der Waals surface area contributed by atoms with Crippen LogP contribution in [0, 0.1) is 6.92 Å². The van der Waals surface area contributed by atoms with E-state index >= 15 is 0 Å². The molecule has 1 aromatic heterocycles. The standard InChI is InChI=1S/C15H18N2O3/c1-11-9-17-15(20-11)10-16-14(18)8-5-12-3-6-13(19-2)7-4-12/h3-4,6-7,9H,5,8,10H2,1-2H3,(H,16,18). The second-order valence-electron chi connectivity index (χ2n) is 4.49. The molecular weight excluding hydrogens is 256 g/mol. The van der Waals surface area contributed by atoms with Crippen molar-refractivity contribution in [3.05, 3.63) is 47.7 Å². The predicted octanol–water partition coefficient (Wildman–Crippen LogP) is 2.24. The zero-order chi connectivity index (χ0) is 14.4. The fourth-order valence-corrected chi connectivity index (χ4v) is 1.80. The Balaban J connectivity index is 1.74. The monoisotopic (exact) mass is 274 g/mol. The van der Waals surface area contributed by atoms with Crippen LogP contribution >= 0.6 is 0 Å². The molecule has 0 aliphatic carbocycles. The summed E-state index contributed by atoms with van der Waals surface area (Å²) in [4.78, 5) is 15.7. The van der Waals surface area contributed by atoms with Gasteiger partial charge in [-0.25, -0.2) is 4.98 Å². The molecule has 0 unspecified atom stereocenters. The van der Waals surface area contributed by atoms with Gasteiger partial charge in [0, 0.05) is 6.42 Å². The number of carbonyl (C=O) groups excluding carboxylic acids is 1. The quantitative estimate of drug-likeness (QED) is 0.877. The van der Waals surface area contributed by atoms with Gasteiger partial charge in [-0.2, -0.15) is 0 Å². The molecule has 5 heteroatoms. The molecule has 2 aromatic rings. The number of nitrogens with zero attached hydrogens (tertiary/aromatic N) is 1. The third kappa shape index (κ3) is 4.12. The lowest BCUT2D eigenvalue weighted by Gasteiger charge is -2.04. The van der Waals surface area contributed by atoms with Crippen LogP contribution in [0.15, 0.2) is 34.9 Å². The number of benzene rings is 1. The summed E-state index contributed by atoms with van der Waals surface area (Å²) >= 11 is 0. The second kappa shape index (κ2) is 6.75. The maximum Gasteiger partial charge on any atom is 0.220 e. The molecule has 5 nitrogen and oxygen atoms in total. The van der Waals surface area contributed by atoms with Gasteiger partial charge in [0.25, 0.3) is 0 Å². The molecule has 0 aliphatic rings. The molecule has 2 rings (SSSR count). The van der Waals surface area contributed by atoms with Crippen molar-refractivity contribution in [3.63, 3.8) is 0 Å². The van der Waals surface area contributed by atoms with E-state index in [0.29, 0.717) is 25.3 Å². The largest absolute Gasteiger partial charge is 0.497 e. The maximum absolute atomic E-state index is 11.7. The molecule has 0 saturated carbocycles. The summed E-state index contributed by atoms with van der Waals surface area (Å²) < 4.78 is 10.4. The molecule has 1 amide bonds. The molecular formula is C15H18N2O3. The summed E-state index contributed by atoms with van der Waals surface area (Å²) in [5, 5.41) is 2.79. The topological polar surface area (TPSA) is 64.4 Å². The van der Waals surface area contributed by atoms with E-state index in [1.54, 1.807) is 13.3 Å². The van der Waals surface area contributed by atoms with Gasteiger partial charge >= 0.3 is 0 Å². The van der Waals surface area contributed by atoms with Crippen molar-refractivity contribution in [2.24, 2.45) is 0 Å². The Morgan fingerprint density at radius 3 is 2.70 bits per heavy atom. The molecule has 1 aromatic carbocycles. The zero-order valence-corrected chi connectivity index (χ0v) is 11.7. The summed E-state index contributed by atoms with van der Waals surface area (Å²) in [6, 6.07) is 7.71. The molecule has 0 aliphatic heterocycles. The van der Waals surface area contributed by atoms with E-state index in [0.717, 1.165) is 17.1 Å². The summed E-state index contributed by atoms with van der Waals surface area (Å²) in [6.45, 7) is 2.15. The normalized spacial score (nSPS) is 10.3. The van der Waals surface area contributed by atoms with E-state index in [2.05, 4.69) is 10.3 Å². The van der Waals surface area contributed by atoms with Gasteiger partial charge in [-0.05, 0) is 31.0 Å². The minimum atomic E-state index is -0.0170. The lowest BCUT2D eigenvalue weighted by Crippen LogP contribution is -2.23. The number of amides is 1. The Hall–Kier alpha value is -2.30. The molecule has 20 heavy (non-hydrogen) atoms. The van der Waals surface area contributed by atoms with Crippen LogP contribution < -0.4 is 10.1 Å². The molecule has 0 fully saturated rings.